The monoisotopic (exact) mass is 377 g/mol. The minimum absolute atomic E-state index is 0.00703. The number of hydrogen-bond donors (Lipinski definition) is 2. The number of aromatic amines is 1. The molecule has 0 aliphatic heterocycles. The Kier molecular flexibility index (Phi) is 4.10. The quantitative estimate of drug-likeness (QED) is 0.378. The van der Waals surface area contributed by atoms with Gasteiger partial charge in [0.05, 0.1) is 5.52 Å². The smallest absolute Gasteiger partial charge is 0.197 e. The Morgan fingerprint density at radius 3 is 2.76 bits per heavy atom. The van der Waals surface area contributed by atoms with Crippen LogP contribution in [0.3, 0.4) is 0 Å². The van der Waals surface area contributed by atoms with E-state index >= 15 is 0 Å². The first-order valence-electron chi connectivity index (χ1n) is 9.52. The van der Waals surface area contributed by atoms with Crippen molar-refractivity contribution >= 4 is 39.0 Å². The molecule has 0 radical (unpaired) electrons. The Morgan fingerprint density at radius 1 is 0.931 bits per heavy atom. The van der Waals surface area contributed by atoms with Crippen molar-refractivity contribution in [3.8, 4) is 0 Å². The zero-order valence-corrected chi connectivity index (χ0v) is 15.9. The summed E-state index contributed by atoms with van der Waals surface area (Å²) in [4.78, 5) is 21.0. The summed E-state index contributed by atoms with van der Waals surface area (Å²) < 4.78 is 0. The molecular formula is C25H19N3O. The third-order valence-corrected chi connectivity index (χ3v) is 5.14. The predicted octanol–water partition coefficient (Wildman–Crippen LogP) is 6.00. The number of anilines is 2. The molecule has 3 aromatic carbocycles. The van der Waals surface area contributed by atoms with Crippen LogP contribution in [0.4, 0.5) is 11.4 Å². The van der Waals surface area contributed by atoms with E-state index in [2.05, 4.69) is 15.3 Å². The first-order valence-corrected chi connectivity index (χ1v) is 9.52. The van der Waals surface area contributed by atoms with Crippen molar-refractivity contribution in [1.29, 1.82) is 0 Å². The van der Waals surface area contributed by atoms with E-state index in [9.17, 15) is 4.79 Å². The molecule has 0 amide bonds. The predicted molar refractivity (Wildman–Crippen MR) is 118 cm³/mol. The minimum Gasteiger partial charge on any atom is -0.360 e. The number of aromatic nitrogens is 2. The van der Waals surface area contributed by atoms with Crippen molar-refractivity contribution in [2.75, 3.05) is 5.32 Å². The molecule has 0 bridgehead atoms. The summed E-state index contributed by atoms with van der Waals surface area (Å²) in [7, 11) is 0. The van der Waals surface area contributed by atoms with E-state index in [0.29, 0.717) is 11.1 Å². The second kappa shape index (κ2) is 6.91. The molecule has 2 heterocycles. The molecule has 0 saturated carbocycles. The topological polar surface area (TPSA) is 57.8 Å². The summed E-state index contributed by atoms with van der Waals surface area (Å²) >= 11 is 0. The van der Waals surface area contributed by atoms with Gasteiger partial charge >= 0.3 is 0 Å². The fourth-order valence-corrected chi connectivity index (χ4v) is 3.67. The van der Waals surface area contributed by atoms with Gasteiger partial charge in [-0.2, -0.15) is 0 Å². The molecule has 4 nitrogen and oxygen atoms in total. The Morgan fingerprint density at radius 2 is 1.83 bits per heavy atom. The highest BCUT2D eigenvalue weighted by molar-refractivity contribution is 6.18. The van der Waals surface area contributed by atoms with Crippen LogP contribution in [0, 0.1) is 6.92 Å². The van der Waals surface area contributed by atoms with Crippen LogP contribution < -0.4 is 5.32 Å². The molecule has 0 unspecified atom stereocenters. The lowest BCUT2D eigenvalue weighted by molar-refractivity contribution is 0.104. The molecule has 140 valence electrons. The Balaban J connectivity index is 1.54. The lowest BCUT2D eigenvalue weighted by Crippen LogP contribution is -2.05. The Bertz CT molecular complexity index is 1370. The van der Waals surface area contributed by atoms with E-state index in [0.717, 1.165) is 38.7 Å². The molecule has 29 heavy (non-hydrogen) atoms. The maximum Gasteiger partial charge on any atom is 0.197 e. The number of rotatable bonds is 4. The van der Waals surface area contributed by atoms with Gasteiger partial charge in [0.2, 0.25) is 0 Å². The summed E-state index contributed by atoms with van der Waals surface area (Å²) in [5, 5.41) is 5.40. The van der Waals surface area contributed by atoms with Gasteiger partial charge in [0.1, 0.15) is 0 Å². The van der Waals surface area contributed by atoms with Crippen molar-refractivity contribution in [3.05, 3.63) is 102 Å². The van der Waals surface area contributed by atoms with E-state index < -0.39 is 0 Å². The first-order chi connectivity index (χ1) is 14.2. The summed E-state index contributed by atoms with van der Waals surface area (Å²) in [5.41, 5.74) is 6.05. The molecule has 5 rings (SSSR count). The maximum absolute atomic E-state index is 13.4. The number of nitrogens with zero attached hydrogens (tertiary/aromatic N) is 1. The normalized spacial score (nSPS) is 11.1. The van der Waals surface area contributed by atoms with Gasteiger partial charge in [0.25, 0.3) is 0 Å². The van der Waals surface area contributed by atoms with Crippen LogP contribution in [-0.4, -0.2) is 15.8 Å². The molecule has 0 spiro atoms. The highest BCUT2D eigenvalue weighted by Crippen LogP contribution is 2.28. The van der Waals surface area contributed by atoms with Crippen LogP contribution in [0.15, 0.2) is 85.2 Å². The number of H-pyrrole nitrogens is 1. The van der Waals surface area contributed by atoms with Crippen LogP contribution in [0.2, 0.25) is 0 Å². The number of para-hydroxylation sites is 1. The third-order valence-electron chi connectivity index (χ3n) is 5.14. The molecule has 0 fully saturated rings. The second-order valence-corrected chi connectivity index (χ2v) is 7.16. The van der Waals surface area contributed by atoms with Gasteiger partial charge in [-0.25, -0.2) is 0 Å². The van der Waals surface area contributed by atoms with Crippen LogP contribution in [0.25, 0.3) is 21.8 Å². The summed E-state index contributed by atoms with van der Waals surface area (Å²) in [6.45, 7) is 2.03. The zero-order valence-electron chi connectivity index (χ0n) is 15.9. The number of pyridine rings is 1. The number of aryl methyl sites for hydroxylation is 1. The van der Waals surface area contributed by atoms with E-state index in [1.54, 1.807) is 12.4 Å². The van der Waals surface area contributed by atoms with Gasteiger partial charge in [-0.05, 0) is 55.5 Å². The standard InChI is InChI=1S/C25H19N3O/c1-16-8-10-23-20(13-16)21(15-27-23)25(29)19-6-2-3-7-24(19)28-18-9-11-22-17(14-18)5-4-12-26-22/h2-15,27-28H,1H3. The molecule has 2 aromatic heterocycles. The molecule has 5 aromatic rings. The van der Waals surface area contributed by atoms with Crippen molar-refractivity contribution < 1.29 is 4.79 Å². The number of benzene rings is 3. The molecule has 0 aliphatic carbocycles. The highest BCUT2D eigenvalue weighted by atomic mass is 16.1. The summed E-state index contributed by atoms with van der Waals surface area (Å²) in [6.07, 6.45) is 3.58. The molecular weight excluding hydrogens is 358 g/mol. The van der Waals surface area contributed by atoms with Gasteiger partial charge in [-0.15, -0.1) is 0 Å². The maximum atomic E-state index is 13.4. The second-order valence-electron chi connectivity index (χ2n) is 7.16. The van der Waals surface area contributed by atoms with Crippen LogP contribution >= 0.6 is 0 Å². The largest absolute Gasteiger partial charge is 0.360 e. The van der Waals surface area contributed by atoms with Crippen LogP contribution in [0.5, 0.6) is 0 Å². The molecule has 4 heteroatoms. The molecule has 0 aliphatic rings. The van der Waals surface area contributed by atoms with Crippen LogP contribution in [-0.2, 0) is 0 Å². The van der Waals surface area contributed by atoms with Gasteiger partial charge in [-0.3, -0.25) is 9.78 Å². The Labute approximate surface area is 168 Å². The average Bonchev–Trinajstić information content (AvgIpc) is 3.16. The average molecular weight is 377 g/mol. The van der Waals surface area contributed by atoms with Crippen molar-refractivity contribution in [3.63, 3.8) is 0 Å². The van der Waals surface area contributed by atoms with Crippen molar-refractivity contribution in [2.24, 2.45) is 0 Å². The molecule has 2 N–H and O–H groups in total. The number of carbonyl (C=O) groups excluding carboxylic acids is 1. The fraction of sp³-hybridized carbons (Fsp3) is 0.0400. The van der Waals surface area contributed by atoms with E-state index in [4.69, 9.17) is 0 Å². The SMILES string of the molecule is Cc1ccc2[nH]cc(C(=O)c3ccccc3Nc3ccc4ncccc4c3)c2c1. The minimum atomic E-state index is -0.00703. The number of ketones is 1. The third kappa shape index (κ3) is 3.15. The number of nitrogens with one attached hydrogen (secondary N) is 2. The molecule has 0 saturated heterocycles. The lowest BCUT2D eigenvalue weighted by Gasteiger charge is -2.12. The summed E-state index contributed by atoms with van der Waals surface area (Å²) in [6, 6.07) is 23.7. The van der Waals surface area contributed by atoms with Gasteiger partial charge in [0, 0.05) is 51.2 Å². The van der Waals surface area contributed by atoms with Crippen molar-refractivity contribution in [1.82, 2.24) is 9.97 Å². The Hall–Kier alpha value is -3.92. The molecule has 0 atom stereocenters. The number of carbonyl (C=O) groups is 1. The fourth-order valence-electron chi connectivity index (χ4n) is 3.67. The van der Waals surface area contributed by atoms with E-state index in [-0.39, 0.29) is 5.78 Å². The van der Waals surface area contributed by atoms with E-state index in [1.165, 1.54) is 0 Å². The van der Waals surface area contributed by atoms with Gasteiger partial charge in [0.15, 0.2) is 5.78 Å². The highest BCUT2D eigenvalue weighted by Gasteiger charge is 2.17. The number of fused-ring (bicyclic) bond motifs is 2. The zero-order chi connectivity index (χ0) is 19.8. The number of hydrogen-bond acceptors (Lipinski definition) is 3. The van der Waals surface area contributed by atoms with E-state index in [1.807, 2.05) is 79.7 Å². The van der Waals surface area contributed by atoms with Gasteiger partial charge in [-0.1, -0.05) is 29.8 Å². The van der Waals surface area contributed by atoms with Crippen molar-refractivity contribution in [2.45, 2.75) is 6.92 Å². The summed E-state index contributed by atoms with van der Waals surface area (Å²) in [5.74, 6) is -0.00703. The lowest BCUT2D eigenvalue weighted by atomic mass is 10.00. The van der Waals surface area contributed by atoms with Gasteiger partial charge < -0.3 is 10.3 Å². The van der Waals surface area contributed by atoms with Crippen LogP contribution in [0.1, 0.15) is 21.5 Å². The first kappa shape index (κ1) is 17.2.